The summed E-state index contributed by atoms with van der Waals surface area (Å²) in [4.78, 5) is 44.1. The normalized spacial score (nSPS) is 32.1. The first-order valence-corrected chi connectivity index (χ1v) is 13.2. The monoisotopic (exact) mass is 500 g/mol. The number of benzene rings is 1. The summed E-state index contributed by atoms with van der Waals surface area (Å²) in [5, 5.41) is 20.5. The molecule has 0 radical (unpaired) electrons. The number of thioether (sulfide) groups is 1. The van der Waals surface area contributed by atoms with Gasteiger partial charge in [0.1, 0.15) is 6.04 Å². The molecular formula is C27H36N2O5S. The minimum atomic E-state index is -0.982. The Morgan fingerprint density at radius 2 is 1.97 bits per heavy atom. The van der Waals surface area contributed by atoms with Crippen LogP contribution >= 0.6 is 11.8 Å². The topological polar surface area (TPSA) is 98.2 Å². The van der Waals surface area contributed by atoms with E-state index in [9.17, 15) is 24.6 Å². The van der Waals surface area contributed by atoms with Gasteiger partial charge in [0.15, 0.2) is 0 Å². The smallest absolute Gasteiger partial charge is 0.308 e. The number of aliphatic hydroxyl groups is 1. The zero-order valence-electron chi connectivity index (χ0n) is 20.7. The first-order chi connectivity index (χ1) is 16.6. The van der Waals surface area contributed by atoms with Crippen molar-refractivity contribution in [2.24, 2.45) is 17.8 Å². The van der Waals surface area contributed by atoms with Crippen LogP contribution in [0.25, 0.3) is 0 Å². The van der Waals surface area contributed by atoms with E-state index in [4.69, 9.17) is 0 Å². The minimum absolute atomic E-state index is 0.194. The summed E-state index contributed by atoms with van der Waals surface area (Å²) in [5.74, 6) is -2.92. The second-order valence-corrected chi connectivity index (χ2v) is 12.7. The minimum Gasteiger partial charge on any atom is -0.481 e. The lowest BCUT2D eigenvalue weighted by Crippen LogP contribution is -2.57. The lowest BCUT2D eigenvalue weighted by Gasteiger charge is -2.40. The molecule has 3 aliphatic rings. The van der Waals surface area contributed by atoms with Crippen LogP contribution in [0.5, 0.6) is 0 Å². The summed E-state index contributed by atoms with van der Waals surface area (Å²) in [5.41, 5.74) is 0.965. The fourth-order valence-corrected chi connectivity index (χ4v) is 8.93. The number of fused-ring (bicyclic) bond motifs is 1. The maximum absolute atomic E-state index is 14.3. The summed E-state index contributed by atoms with van der Waals surface area (Å²) in [6, 6.07) is 8.30. The molecule has 3 fully saturated rings. The van der Waals surface area contributed by atoms with Crippen molar-refractivity contribution in [3.8, 4) is 0 Å². The van der Waals surface area contributed by atoms with E-state index in [1.165, 1.54) is 11.8 Å². The molecule has 0 aromatic heterocycles. The summed E-state index contributed by atoms with van der Waals surface area (Å²) in [6.45, 7) is 10.2. The fourth-order valence-electron chi connectivity index (χ4n) is 6.60. The molecule has 1 spiro atoms. The first-order valence-electron chi connectivity index (χ1n) is 12.4. The molecule has 190 valence electrons. The van der Waals surface area contributed by atoms with Crippen molar-refractivity contribution in [2.45, 2.75) is 68.2 Å². The maximum Gasteiger partial charge on any atom is 0.308 e. The molecule has 7 nitrogen and oxygen atoms in total. The fraction of sp³-hybridized carbons (Fsp3) is 0.593. The molecule has 2 unspecified atom stereocenters. The van der Waals surface area contributed by atoms with Crippen molar-refractivity contribution in [3.63, 3.8) is 0 Å². The van der Waals surface area contributed by atoms with Crippen LogP contribution in [0.2, 0.25) is 0 Å². The number of carboxylic acids is 1. The molecule has 35 heavy (non-hydrogen) atoms. The summed E-state index contributed by atoms with van der Waals surface area (Å²) in [6.07, 6.45) is 3.46. The van der Waals surface area contributed by atoms with E-state index < -0.39 is 39.4 Å². The average Bonchev–Trinajstić information content (AvgIpc) is 3.38. The third kappa shape index (κ3) is 4.18. The molecule has 6 atom stereocenters. The van der Waals surface area contributed by atoms with Crippen molar-refractivity contribution < 1.29 is 24.6 Å². The van der Waals surface area contributed by atoms with Crippen molar-refractivity contribution >= 4 is 29.5 Å². The number of likely N-dealkylation sites (tertiary alicyclic amines) is 1. The number of carbonyl (C=O) groups excluding carboxylic acids is 2. The van der Waals surface area contributed by atoms with Gasteiger partial charge < -0.3 is 20.0 Å². The highest BCUT2D eigenvalue weighted by molar-refractivity contribution is 8.02. The number of nitrogens with zero attached hydrogens (tertiary/aromatic N) is 2. The van der Waals surface area contributed by atoms with E-state index in [-0.39, 0.29) is 24.3 Å². The number of aliphatic carboxylic acids is 1. The maximum atomic E-state index is 14.3. The second-order valence-electron chi connectivity index (χ2n) is 10.8. The largest absolute Gasteiger partial charge is 0.481 e. The third-order valence-corrected chi connectivity index (χ3v) is 9.93. The van der Waals surface area contributed by atoms with Crippen LogP contribution in [0.4, 0.5) is 0 Å². The predicted molar refractivity (Wildman–Crippen MR) is 136 cm³/mol. The lowest BCUT2D eigenvalue weighted by atomic mass is 9.66. The Bertz CT molecular complexity index is 1000. The third-order valence-electron chi connectivity index (χ3n) is 7.94. The molecule has 0 saturated carbocycles. The van der Waals surface area contributed by atoms with Crippen LogP contribution in [-0.4, -0.2) is 72.5 Å². The zero-order valence-corrected chi connectivity index (χ0v) is 21.5. The molecule has 1 aromatic carbocycles. The lowest BCUT2D eigenvalue weighted by molar-refractivity contribution is -0.151. The molecule has 3 aliphatic heterocycles. The van der Waals surface area contributed by atoms with Crippen LogP contribution < -0.4 is 0 Å². The molecule has 3 saturated heterocycles. The number of rotatable bonds is 10. The van der Waals surface area contributed by atoms with Gasteiger partial charge in [0.05, 0.1) is 29.2 Å². The Kier molecular flexibility index (Phi) is 7.08. The average molecular weight is 501 g/mol. The first kappa shape index (κ1) is 25.8. The van der Waals surface area contributed by atoms with Gasteiger partial charge in [0, 0.05) is 17.8 Å². The van der Waals surface area contributed by atoms with Gasteiger partial charge in [-0.2, -0.15) is 0 Å². The highest BCUT2D eigenvalue weighted by Gasteiger charge is 2.78. The molecule has 2 amide bonds. The number of amides is 2. The highest BCUT2D eigenvalue weighted by atomic mass is 32.2. The van der Waals surface area contributed by atoms with Crippen LogP contribution in [-0.2, 0) is 20.9 Å². The SMILES string of the molecule is C=CCN(Cc1ccccc1)C(=O)C1N([C@@H](CO)CC(C)C)C(=O)[C@@H]2[C@H](C(=O)O)[C@]3(C)CCC12S3. The molecule has 1 aromatic rings. The van der Waals surface area contributed by atoms with Crippen molar-refractivity contribution in [3.05, 3.63) is 48.6 Å². The zero-order chi connectivity index (χ0) is 25.5. The summed E-state index contributed by atoms with van der Waals surface area (Å²) < 4.78 is -1.40. The molecule has 2 bridgehead atoms. The Hall–Kier alpha value is -2.32. The molecular weight excluding hydrogens is 464 g/mol. The van der Waals surface area contributed by atoms with Crippen LogP contribution in [0.3, 0.4) is 0 Å². The molecule has 4 rings (SSSR count). The Balaban J connectivity index is 1.80. The van der Waals surface area contributed by atoms with Crippen LogP contribution in [0, 0.1) is 17.8 Å². The van der Waals surface area contributed by atoms with E-state index in [1.54, 1.807) is 15.9 Å². The van der Waals surface area contributed by atoms with Crippen molar-refractivity contribution in [2.75, 3.05) is 13.2 Å². The van der Waals surface area contributed by atoms with Crippen LogP contribution in [0.1, 0.15) is 45.6 Å². The second kappa shape index (κ2) is 9.62. The molecule has 8 heteroatoms. The van der Waals surface area contributed by atoms with Crippen molar-refractivity contribution in [1.29, 1.82) is 0 Å². The Morgan fingerprint density at radius 3 is 2.54 bits per heavy atom. The quantitative estimate of drug-likeness (QED) is 0.479. The van der Waals surface area contributed by atoms with E-state index >= 15 is 0 Å². The highest BCUT2D eigenvalue weighted by Crippen LogP contribution is 2.71. The number of carbonyl (C=O) groups is 3. The van der Waals surface area contributed by atoms with Gasteiger partial charge in [0.25, 0.3) is 0 Å². The standard InChI is InChI=1S/C27H36N2O5S/c1-5-13-28(15-18-9-7-6-8-10-18)24(32)22-27-12-11-26(4,35-27)21(25(33)34)20(27)23(31)29(22)19(16-30)14-17(2)3/h5-10,17,19-22,30H,1,11-16H2,2-4H3,(H,33,34)/t19-,20+,21-,22?,26+,27?/m1/s1. The predicted octanol–water partition coefficient (Wildman–Crippen LogP) is 3.17. The number of aliphatic hydroxyl groups excluding tert-OH is 1. The van der Waals surface area contributed by atoms with E-state index in [1.807, 2.05) is 51.1 Å². The van der Waals surface area contributed by atoms with Crippen LogP contribution in [0.15, 0.2) is 43.0 Å². The van der Waals surface area contributed by atoms with Gasteiger partial charge in [-0.1, -0.05) is 50.3 Å². The van der Waals surface area contributed by atoms with Gasteiger partial charge in [-0.15, -0.1) is 18.3 Å². The van der Waals surface area contributed by atoms with Gasteiger partial charge in [-0.25, -0.2) is 0 Å². The number of hydrogen-bond donors (Lipinski definition) is 2. The van der Waals surface area contributed by atoms with Gasteiger partial charge >= 0.3 is 5.97 Å². The number of hydrogen-bond acceptors (Lipinski definition) is 5. The summed E-state index contributed by atoms with van der Waals surface area (Å²) in [7, 11) is 0. The summed E-state index contributed by atoms with van der Waals surface area (Å²) >= 11 is 1.52. The Labute approximate surface area is 211 Å². The van der Waals surface area contributed by atoms with E-state index in [2.05, 4.69) is 6.58 Å². The van der Waals surface area contributed by atoms with Gasteiger partial charge in [-0.3, -0.25) is 14.4 Å². The molecule has 0 aliphatic carbocycles. The van der Waals surface area contributed by atoms with E-state index in [0.717, 1.165) is 5.56 Å². The number of carboxylic acid groups (broad SMARTS) is 1. The molecule has 2 N–H and O–H groups in total. The molecule has 3 heterocycles. The van der Waals surface area contributed by atoms with Gasteiger partial charge in [0.2, 0.25) is 11.8 Å². The van der Waals surface area contributed by atoms with Gasteiger partial charge in [-0.05, 0) is 37.7 Å². The van der Waals surface area contributed by atoms with E-state index in [0.29, 0.717) is 32.4 Å². The Morgan fingerprint density at radius 1 is 1.29 bits per heavy atom. The van der Waals surface area contributed by atoms with Crippen molar-refractivity contribution in [1.82, 2.24) is 9.80 Å².